The third-order valence-corrected chi connectivity index (χ3v) is 4.28. The van der Waals surface area contributed by atoms with Gasteiger partial charge in [-0.15, -0.1) is 0 Å². The lowest BCUT2D eigenvalue weighted by atomic mass is 10.1. The van der Waals surface area contributed by atoms with Gasteiger partial charge in [0.15, 0.2) is 0 Å². The van der Waals surface area contributed by atoms with Crippen LogP contribution in [0.5, 0.6) is 0 Å². The first-order chi connectivity index (χ1) is 7.93. The lowest BCUT2D eigenvalue weighted by Crippen LogP contribution is -2.63. The highest BCUT2D eigenvalue weighted by atomic mass is 15.4. The molecule has 92 valence electrons. The highest BCUT2D eigenvalue weighted by Gasteiger charge is 2.29. The average molecular weight is 224 g/mol. The maximum atomic E-state index is 3.44. The topological polar surface area (TPSA) is 30.5 Å². The molecule has 0 aromatic carbocycles. The summed E-state index contributed by atoms with van der Waals surface area (Å²) >= 11 is 0. The fraction of sp³-hybridized carbons (Fsp3) is 1.00. The summed E-state index contributed by atoms with van der Waals surface area (Å²) in [6.45, 7) is 6.37. The van der Waals surface area contributed by atoms with Crippen molar-refractivity contribution in [2.24, 2.45) is 0 Å². The van der Waals surface area contributed by atoms with Crippen LogP contribution in [-0.2, 0) is 0 Å². The first-order valence-corrected chi connectivity index (χ1v) is 6.88. The van der Waals surface area contributed by atoms with E-state index in [1.54, 1.807) is 0 Å². The number of nitrogens with one attached hydrogen (secondary N) is 2. The summed E-state index contributed by atoms with van der Waals surface area (Å²) in [5, 5.41) is 6.82. The second-order valence-electron chi connectivity index (χ2n) is 5.33. The van der Waals surface area contributed by atoms with Gasteiger partial charge in [-0.2, -0.15) is 0 Å². The van der Waals surface area contributed by atoms with E-state index in [0.717, 1.165) is 19.0 Å². The average Bonchev–Trinajstić information content (AvgIpc) is 2.23. The molecule has 0 radical (unpaired) electrons. The number of nitrogens with zero attached hydrogens (tertiary/aromatic N) is 2. The van der Waals surface area contributed by atoms with Crippen molar-refractivity contribution in [2.45, 2.75) is 44.4 Å². The highest BCUT2D eigenvalue weighted by Crippen LogP contribution is 2.18. The van der Waals surface area contributed by atoms with E-state index in [2.05, 4.69) is 20.4 Å². The van der Waals surface area contributed by atoms with E-state index in [9.17, 15) is 0 Å². The van der Waals surface area contributed by atoms with E-state index in [0.29, 0.717) is 0 Å². The molecule has 0 aliphatic carbocycles. The van der Waals surface area contributed by atoms with Gasteiger partial charge >= 0.3 is 0 Å². The molecule has 2 N–H and O–H groups in total. The zero-order valence-electron chi connectivity index (χ0n) is 10.1. The van der Waals surface area contributed by atoms with Crippen LogP contribution in [-0.4, -0.2) is 55.0 Å². The molecule has 2 atom stereocenters. The summed E-state index contributed by atoms with van der Waals surface area (Å²) < 4.78 is 0. The molecule has 4 saturated heterocycles. The first kappa shape index (κ1) is 11.0. The molecule has 4 fully saturated rings. The van der Waals surface area contributed by atoms with Crippen LogP contribution in [0.1, 0.15) is 32.1 Å². The second-order valence-corrected chi connectivity index (χ2v) is 5.33. The zero-order valence-corrected chi connectivity index (χ0v) is 10.1. The molecule has 4 heterocycles. The predicted octanol–water partition coefficient (Wildman–Crippen LogP) is 0.371. The molecule has 4 aliphatic rings. The van der Waals surface area contributed by atoms with Gasteiger partial charge < -0.3 is 5.32 Å². The summed E-state index contributed by atoms with van der Waals surface area (Å²) in [5.74, 6) is 0. The van der Waals surface area contributed by atoms with Gasteiger partial charge in [0.2, 0.25) is 0 Å². The molecule has 0 saturated carbocycles. The van der Waals surface area contributed by atoms with Crippen molar-refractivity contribution in [1.82, 2.24) is 20.4 Å². The second kappa shape index (κ2) is 5.00. The molecule has 2 unspecified atom stereocenters. The normalized spacial score (nSPS) is 38.2. The maximum absolute atomic E-state index is 3.44. The Morgan fingerprint density at radius 2 is 1.62 bits per heavy atom. The Morgan fingerprint density at radius 3 is 2.00 bits per heavy atom. The SMILES string of the molecule is C1CCN2CNC2C1.C1CNC2CCN2C1. The van der Waals surface area contributed by atoms with Crippen molar-refractivity contribution in [3.05, 3.63) is 0 Å². The quantitative estimate of drug-likeness (QED) is 0.622. The van der Waals surface area contributed by atoms with E-state index in [-0.39, 0.29) is 0 Å². The van der Waals surface area contributed by atoms with Crippen LogP contribution in [0.3, 0.4) is 0 Å². The fourth-order valence-corrected chi connectivity index (χ4v) is 3.01. The van der Waals surface area contributed by atoms with Crippen molar-refractivity contribution in [1.29, 1.82) is 0 Å². The van der Waals surface area contributed by atoms with Gasteiger partial charge in [0.05, 0.1) is 19.0 Å². The number of hydrogen-bond acceptors (Lipinski definition) is 4. The number of piperidine rings is 1. The van der Waals surface area contributed by atoms with Crippen LogP contribution in [0.25, 0.3) is 0 Å². The van der Waals surface area contributed by atoms with E-state index < -0.39 is 0 Å². The third-order valence-electron chi connectivity index (χ3n) is 4.28. The van der Waals surface area contributed by atoms with Gasteiger partial charge in [0.25, 0.3) is 0 Å². The van der Waals surface area contributed by atoms with Crippen molar-refractivity contribution in [3.63, 3.8) is 0 Å². The summed E-state index contributed by atoms with van der Waals surface area (Å²) in [7, 11) is 0. The minimum absolute atomic E-state index is 0.767. The maximum Gasteiger partial charge on any atom is 0.0618 e. The molecule has 0 amide bonds. The predicted molar refractivity (Wildman–Crippen MR) is 64.9 cm³/mol. The number of hydrogen-bond donors (Lipinski definition) is 2. The van der Waals surface area contributed by atoms with Crippen LogP contribution < -0.4 is 10.6 Å². The number of rotatable bonds is 0. The molecule has 4 nitrogen and oxygen atoms in total. The molecule has 4 heteroatoms. The minimum atomic E-state index is 0.767. The summed E-state index contributed by atoms with van der Waals surface area (Å²) in [6, 6.07) is 0. The Labute approximate surface area is 98.4 Å². The first-order valence-electron chi connectivity index (χ1n) is 6.88. The van der Waals surface area contributed by atoms with Crippen LogP contribution in [0, 0.1) is 0 Å². The Balaban J connectivity index is 0.000000101. The Kier molecular flexibility index (Phi) is 3.43. The van der Waals surface area contributed by atoms with Crippen LogP contribution in [0.15, 0.2) is 0 Å². The van der Waals surface area contributed by atoms with E-state index in [1.807, 2.05) is 0 Å². The Hall–Kier alpha value is -0.160. The van der Waals surface area contributed by atoms with Crippen molar-refractivity contribution in [3.8, 4) is 0 Å². The van der Waals surface area contributed by atoms with E-state index in [1.165, 1.54) is 58.3 Å². The van der Waals surface area contributed by atoms with Gasteiger partial charge in [0, 0.05) is 19.6 Å². The van der Waals surface area contributed by atoms with Crippen molar-refractivity contribution < 1.29 is 0 Å². The lowest BCUT2D eigenvalue weighted by molar-refractivity contribution is 0.0163. The van der Waals surface area contributed by atoms with E-state index in [4.69, 9.17) is 0 Å². The highest BCUT2D eigenvalue weighted by molar-refractivity contribution is 4.84. The van der Waals surface area contributed by atoms with Gasteiger partial charge in [-0.05, 0) is 38.6 Å². The molecule has 0 bridgehead atoms. The molecule has 0 spiro atoms. The zero-order chi connectivity index (χ0) is 10.8. The lowest BCUT2D eigenvalue weighted by Gasteiger charge is -2.45. The smallest absolute Gasteiger partial charge is 0.0618 e. The number of fused-ring (bicyclic) bond motifs is 2. The molecule has 4 rings (SSSR count). The van der Waals surface area contributed by atoms with Crippen molar-refractivity contribution >= 4 is 0 Å². The van der Waals surface area contributed by atoms with Crippen LogP contribution in [0.2, 0.25) is 0 Å². The van der Waals surface area contributed by atoms with Crippen LogP contribution >= 0.6 is 0 Å². The minimum Gasteiger partial charge on any atom is -0.302 e. The summed E-state index contributed by atoms with van der Waals surface area (Å²) in [6.07, 6.45) is 8.47. The monoisotopic (exact) mass is 224 g/mol. The standard InChI is InChI=1S/2C6H12N2/c1-3-7-6-2-5-8(6)4-1;1-2-4-8-5-7-6(8)3-1/h2*6-7H,1-5H2. The van der Waals surface area contributed by atoms with Gasteiger partial charge in [0.1, 0.15) is 0 Å². The summed E-state index contributed by atoms with van der Waals surface area (Å²) in [4.78, 5) is 5.01. The molecule has 0 aromatic rings. The summed E-state index contributed by atoms with van der Waals surface area (Å²) in [5.41, 5.74) is 0. The fourth-order valence-electron chi connectivity index (χ4n) is 3.01. The van der Waals surface area contributed by atoms with Gasteiger partial charge in [-0.1, -0.05) is 0 Å². The molecule has 16 heavy (non-hydrogen) atoms. The van der Waals surface area contributed by atoms with Gasteiger partial charge in [-0.3, -0.25) is 15.1 Å². The Bertz CT molecular complexity index is 185. The molecule has 0 aromatic heterocycles. The van der Waals surface area contributed by atoms with Crippen molar-refractivity contribution in [2.75, 3.05) is 32.8 Å². The molecular formula is C12H24N4. The van der Waals surface area contributed by atoms with Gasteiger partial charge in [-0.25, -0.2) is 0 Å². The molecule has 4 aliphatic heterocycles. The van der Waals surface area contributed by atoms with Crippen LogP contribution in [0.4, 0.5) is 0 Å². The third kappa shape index (κ3) is 2.25. The largest absolute Gasteiger partial charge is 0.302 e. The Morgan fingerprint density at radius 1 is 0.750 bits per heavy atom. The molecular weight excluding hydrogens is 200 g/mol. The van der Waals surface area contributed by atoms with E-state index >= 15 is 0 Å².